The molecule has 234 valence electrons. The number of carbonyl (C=O) groups is 4. The van der Waals surface area contributed by atoms with Gasteiger partial charge in [-0.15, -0.1) is 0 Å². The molecule has 0 radical (unpaired) electrons. The van der Waals surface area contributed by atoms with Gasteiger partial charge in [0.2, 0.25) is 0 Å². The number of aromatic carboxylic acids is 1. The highest BCUT2D eigenvalue weighted by Gasteiger charge is 2.36. The van der Waals surface area contributed by atoms with Gasteiger partial charge in [0.25, 0.3) is 0 Å². The Morgan fingerprint density at radius 1 is 0.604 bits per heavy atom. The van der Waals surface area contributed by atoms with Gasteiger partial charge in [-0.05, 0) is 53.6 Å². The van der Waals surface area contributed by atoms with Crippen LogP contribution < -0.4 is 0 Å². The highest BCUT2D eigenvalue weighted by molar-refractivity contribution is 6.38. The van der Waals surface area contributed by atoms with Crippen LogP contribution in [0.1, 0.15) is 33.1 Å². The van der Waals surface area contributed by atoms with Crippen LogP contribution in [0.4, 0.5) is 4.79 Å². The first-order chi connectivity index (χ1) is 23.1. The Bertz CT molecular complexity index is 2460. The molecule has 8 bridgehead atoms. The Balaban J connectivity index is 1.87. The van der Waals surface area contributed by atoms with Gasteiger partial charge in [-0.3, -0.25) is 0 Å². The summed E-state index contributed by atoms with van der Waals surface area (Å²) in [5, 5.41) is 42.3. The summed E-state index contributed by atoms with van der Waals surface area (Å²) in [4.78, 5) is 64.2. The Labute approximate surface area is 269 Å². The lowest BCUT2D eigenvalue weighted by molar-refractivity contribution is -0.132. The number of carboxylic acid groups (broad SMARTS) is 4. The Kier molecular flexibility index (Phi) is 7.02. The first-order valence-corrected chi connectivity index (χ1v) is 14.4. The molecule has 0 fully saturated rings. The topological polar surface area (TPSA) is 196 Å². The van der Waals surface area contributed by atoms with E-state index in [0.29, 0.717) is 39.1 Å². The van der Waals surface area contributed by atoms with E-state index in [4.69, 9.17) is 0 Å². The standard InChI is InChI=1S/C36H22N4O8/c41-33(42)28-24-16-22-13-11-20(37-22)15-21-12-14-23(38-21)17-25-26(18-7-3-1-4-8-18)27(19-9-5-2-6-10-19)32(40(25)36(47)48)30(35(45)46)31(39-24)29(28)34(43)44/h1-17,37H,(H,41,42)(H,43,44)(H,45,46)(H,47,48). The maximum absolute atomic E-state index is 13.4. The van der Waals surface area contributed by atoms with Gasteiger partial charge in [0, 0.05) is 22.2 Å². The van der Waals surface area contributed by atoms with Crippen LogP contribution >= 0.6 is 0 Å². The number of H-pyrrole nitrogens is 1. The molecule has 12 nitrogen and oxygen atoms in total. The number of hydrogen-bond acceptors (Lipinski definition) is 6. The first-order valence-electron chi connectivity index (χ1n) is 14.4. The van der Waals surface area contributed by atoms with Crippen LogP contribution in [0.5, 0.6) is 0 Å². The predicted molar refractivity (Wildman–Crippen MR) is 177 cm³/mol. The number of nitrogens with zero attached hydrogens (tertiary/aromatic N) is 3. The summed E-state index contributed by atoms with van der Waals surface area (Å²) in [7, 11) is 0. The fraction of sp³-hybridized carbons (Fsp3) is 0. The molecule has 5 heterocycles. The summed E-state index contributed by atoms with van der Waals surface area (Å²) in [6.45, 7) is 0. The molecule has 2 aliphatic rings. The molecule has 0 amide bonds. The summed E-state index contributed by atoms with van der Waals surface area (Å²) < 4.78 is 0.762. The first kappa shape index (κ1) is 29.6. The Hall–Kier alpha value is -7.08. The molecule has 48 heavy (non-hydrogen) atoms. The molecule has 12 heteroatoms. The molecule has 0 aliphatic carbocycles. The van der Waals surface area contributed by atoms with Gasteiger partial charge in [-0.1, -0.05) is 60.7 Å². The summed E-state index contributed by atoms with van der Waals surface area (Å²) in [5.41, 5.74) is -0.722. The van der Waals surface area contributed by atoms with Crippen molar-refractivity contribution in [3.8, 4) is 22.3 Å². The van der Waals surface area contributed by atoms with Crippen molar-refractivity contribution < 1.29 is 39.6 Å². The molecule has 7 rings (SSSR count). The van der Waals surface area contributed by atoms with E-state index in [2.05, 4.69) is 15.0 Å². The largest absolute Gasteiger partial charge is 0.478 e. The number of aromatic nitrogens is 4. The number of aliphatic carboxylic acids is 2. The molecule has 5 N–H and O–H groups in total. The van der Waals surface area contributed by atoms with Crippen molar-refractivity contribution in [3.05, 3.63) is 119 Å². The molecule has 0 atom stereocenters. The second-order valence-corrected chi connectivity index (χ2v) is 10.8. The second kappa shape index (κ2) is 11.4. The van der Waals surface area contributed by atoms with Crippen LogP contribution in [0.15, 0.2) is 91.0 Å². The number of carboxylic acids is 3. The third kappa shape index (κ3) is 4.90. The van der Waals surface area contributed by atoms with Crippen molar-refractivity contribution in [1.29, 1.82) is 0 Å². The van der Waals surface area contributed by atoms with E-state index in [9.17, 15) is 39.6 Å². The van der Waals surface area contributed by atoms with Crippen LogP contribution in [-0.4, -0.2) is 63.9 Å². The highest BCUT2D eigenvalue weighted by atomic mass is 16.4. The molecule has 2 aromatic carbocycles. The van der Waals surface area contributed by atoms with Crippen LogP contribution in [0.3, 0.4) is 0 Å². The number of hydrogen-bond donors (Lipinski definition) is 5. The Morgan fingerprint density at radius 3 is 1.73 bits per heavy atom. The quantitative estimate of drug-likeness (QED) is 0.137. The molecule has 0 spiro atoms. The van der Waals surface area contributed by atoms with E-state index in [-0.39, 0.29) is 16.8 Å². The van der Waals surface area contributed by atoms with Crippen molar-refractivity contribution in [2.45, 2.75) is 0 Å². The molecule has 0 unspecified atom stereocenters. The fourth-order valence-corrected chi connectivity index (χ4v) is 6.05. The van der Waals surface area contributed by atoms with Gasteiger partial charge in [-0.25, -0.2) is 33.7 Å². The SMILES string of the molecule is O=C(O)C1=C(C(=O)O)c2nc1cc1ccc(cc3nc(cc4c(-c5ccccc5)c(-c5ccccc5)c(c2C(=O)O)n4C(=O)O)C=C3)[nH]1. The summed E-state index contributed by atoms with van der Waals surface area (Å²) in [6, 6.07) is 25.0. The Morgan fingerprint density at radius 2 is 1.17 bits per heavy atom. The van der Waals surface area contributed by atoms with Crippen molar-refractivity contribution in [3.63, 3.8) is 0 Å². The summed E-state index contributed by atoms with van der Waals surface area (Å²) in [6.07, 6.45) is 1.83. The van der Waals surface area contributed by atoms with Crippen molar-refractivity contribution in [1.82, 2.24) is 19.5 Å². The third-order valence-corrected chi connectivity index (χ3v) is 7.91. The molecule has 3 aromatic heterocycles. The minimum Gasteiger partial charge on any atom is -0.478 e. The zero-order valence-corrected chi connectivity index (χ0v) is 24.6. The van der Waals surface area contributed by atoms with Crippen molar-refractivity contribution in [2.24, 2.45) is 0 Å². The molecular weight excluding hydrogens is 616 g/mol. The lowest BCUT2D eigenvalue weighted by atomic mass is 9.94. The van der Waals surface area contributed by atoms with Gasteiger partial charge in [0.05, 0.1) is 33.8 Å². The number of nitrogens with one attached hydrogen (secondary N) is 1. The number of rotatable bonds is 5. The molecule has 5 aromatic rings. The average molecular weight is 639 g/mol. The maximum Gasteiger partial charge on any atom is 0.416 e. The molecule has 0 saturated carbocycles. The van der Waals surface area contributed by atoms with E-state index >= 15 is 0 Å². The van der Waals surface area contributed by atoms with Crippen molar-refractivity contribution >= 4 is 69.4 Å². The number of fused-ring (bicyclic) bond motifs is 8. The van der Waals surface area contributed by atoms with Gasteiger partial charge < -0.3 is 25.4 Å². The van der Waals surface area contributed by atoms with Crippen LogP contribution in [-0.2, 0) is 9.59 Å². The van der Waals surface area contributed by atoms with Gasteiger partial charge in [-0.2, -0.15) is 0 Å². The van der Waals surface area contributed by atoms with E-state index < -0.39 is 51.9 Å². The number of aromatic amines is 1. The summed E-state index contributed by atoms with van der Waals surface area (Å²) in [5.74, 6) is -5.15. The average Bonchev–Trinajstić information content (AvgIpc) is 3.84. The van der Waals surface area contributed by atoms with Crippen LogP contribution in [0, 0.1) is 0 Å². The molecular formula is C36H22N4O8. The van der Waals surface area contributed by atoms with Crippen LogP contribution in [0.2, 0.25) is 0 Å². The zero-order valence-electron chi connectivity index (χ0n) is 24.6. The third-order valence-electron chi connectivity index (χ3n) is 7.91. The second-order valence-electron chi connectivity index (χ2n) is 10.8. The van der Waals surface area contributed by atoms with Gasteiger partial charge in [0.1, 0.15) is 16.7 Å². The highest BCUT2D eigenvalue weighted by Crippen LogP contribution is 2.44. The zero-order chi connectivity index (χ0) is 33.7. The molecule has 2 aliphatic heterocycles. The molecule has 0 saturated heterocycles. The predicted octanol–water partition coefficient (Wildman–Crippen LogP) is 6.60. The lowest BCUT2D eigenvalue weighted by Gasteiger charge is -2.09. The normalized spacial score (nSPS) is 12.2. The minimum atomic E-state index is -1.76. The fourth-order valence-electron chi connectivity index (χ4n) is 6.05. The monoisotopic (exact) mass is 638 g/mol. The van der Waals surface area contributed by atoms with E-state index in [0.717, 1.165) is 4.57 Å². The minimum absolute atomic E-state index is 0.0360. The van der Waals surface area contributed by atoms with Crippen molar-refractivity contribution in [2.75, 3.05) is 0 Å². The number of benzene rings is 2. The van der Waals surface area contributed by atoms with E-state index in [1.807, 2.05) is 0 Å². The van der Waals surface area contributed by atoms with Gasteiger partial charge in [0.15, 0.2) is 0 Å². The van der Waals surface area contributed by atoms with Crippen LogP contribution in [0.25, 0.3) is 67.6 Å². The van der Waals surface area contributed by atoms with E-state index in [1.54, 1.807) is 91.0 Å². The van der Waals surface area contributed by atoms with E-state index in [1.165, 1.54) is 12.1 Å². The summed E-state index contributed by atoms with van der Waals surface area (Å²) >= 11 is 0. The van der Waals surface area contributed by atoms with Gasteiger partial charge >= 0.3 is 24.0 Å². The maximum atomic E-state index is 13.4. The smallest absolute Gasteiger partial charge is 0.416 e. The lowest BCUT2D eigenvalue weighted by Crippen LogP contribution is -2.14.